The van der Waals surface area contributed by atoms with Crippen molar-refractivity contribution in [3.05, 3.63) is 59.7 Å². The first-order valence-corrected chi connectivity index (χ1v) is 5.56. The summed E-state index contributed by atoms with van der Waals surface area (Å²) < 4.78 is 5.51. The number of nitrogens with zero attached hydrogens (tertiary/aromatic N) is 2. The molecule has 0 unspecified atom stereocenters. The Kier molecular flexibility index (Phi) is 2.41. The number of aryl methyl sites for hydroxylation is 1. The summed E-state index contributed by atoms with van der Waals surface area (Å²) in [5.41, 5.74) is 2.78. The summed E-state index contributed by atoms with van der Waals surface area (Å²) in [6.07, 6.45) is 3.16. The molecule has 18 heavy (non-hydrogen) atoms. The molecule has 0 aliphatic rings. The second-order valence-electron chi connectivity index (χ2n) is 4.01. The van der Waals surface area contributed by atoms with Gasteiger partial charge >= 0.3 is 0 Å². The smallest absolute Gasteiger partial charge is 0.228 e. The summed E-state index contributed by atoms with van der Waals surface area (Å²) in [4.78, 5) is 20.3. The van der Waals surface area contributed by atoms with E-state index in [0.717, 1.165) is 5.69 Å². The van der Waals surface area contributed by atoms with Crippen molar-refractivity contribution in [3.8, 4) is 0 Å². The van der Waals surface area contributed by atoms with Gasteiger partial charge in [0.15, 0.2) is 11.3 Å². The van der Waals surface area contributed by atoms with E-state index >= 15 is 0 Å². The van der Waals surface area contributed by atoms with Crippen LogP contribution >= 0.6 is 0 Å². The lowest BCUT2D eigenvalue weighted by molar-refractivity contribution is 0.101. The number of hydrogen-bond donors (Lipinski definition) is 0. The third kappa shape index (κ3) is 1.78. The largest absolute Gasteiger partial charge is 0.451 e. The van der Waals surface area contributed by atoms with Crippen molar-refractivity contribution in [1.29, 1.82) is 0 Å². The van der Waals surface area contributed by atoms with E-state index in [1.54, 1.807) is 30.6 Å². The van der Waals surface area contributed by atoms with E-state index in [-0.39, 0.29) is 5.78 Å². The molecular formula is C14H10N2O2. The second-order valence-corrected chi connectivity index (χ2v) is 4.01. The van der Waals surface area contributed by atoms with Crippen molar-refractivity contribution in [3.63, 3.8) is 0 Å². The zero-order valence-electron chi connectivity index (χ0n) is 9.75. The Labute approximate surface area is 103 Å². The summed E-state index contributed by atoms with van der Waals surface area (Å²) in [5.74, 6) is 0.141. The van der Waals surface area contributed by atoms with Gasteiger partial charge in [-0.15, -0.1) is 0 Å². The number of fused-ring (bicyclic) bond motifs is 1. The van der Waals surface area contributed by atoms with Gasteiger partial charge in [-0.05, 0) is 31.2 Å². The SMILES string of the molecule is Cc1ccc2oc(C(=O)c3ccncc3)cc2n1. The third-order valence-electron chi connectivity index (χ3n) is 2.68. The van der Waals surface area contributed by atoms with Crippen LogP contribution in [0, 0.1) is 6.92 Å². The summed E-state index contributed by atoms with van der Waals surface area (Å²) in [6.45, 7) is 1.90. The minimum atomic E-state index is -0.159. The van der Waals surface area contributed by atoms with E-state index in [9.17, 15) is 4.79 Å². The van der Waals surface area contributed by atoms with E-state index < -0.39 is 0 Å². The maximum absolute atomic E-state index is 12.2. The molecule has 0 N–H and O–H groups in total. The summed E-state index contributed by atoms with van der Waals surface area (Å²) >= 11 is 0. The van der Waals surface area contributed by atoms with E-state index in [4.69, 9.17) is 4.42 Å². The number of aromatic nitrogens is 2. The van der Waals surface area contributed by atoms with Gasteiger partial charge in [0, 0.05) is 29.7 Å². The molecule has 4 nitrogen and oxygen atoms in total. The van der Waals surface area contributed by atoms with Crippen molar-refractivity contribution in [2.45, 2.75) is 6.92 Å². The van der Waals surface area contributed by atoms with Crippen LogP contribution in [0.4, 0.5) is 0 Å². The zero-order valence-corrected chi connectivity index (χ0v) is 9.75. The van der Waals surface area contributed by atoms with Gasteiger partial charge in [0.2, 0.25) is 5.78 Å². The molecule has 0 bridgehead atoms. The Hall–Kier alpha value is -2.49. The highest BCUT2D eigenvalue weighted by molar-refractivity contribution is 6.08. The molecule has 0 saturated heterocycles. The number of rotatable bonds is 2. The molecule has 0 aliphatic carbocycles. The van der Waals surface area contributed by atoms with Gasteiger partial charge in [0.05, 0.1) is 0 Å². The van der Waals surface area contributed by atoms with Crippen LogP contribution in [0.25, 0.3) is 11.1 Å². The van der Waals surface area contributed by atoms with Crippen LogP contribution in [0.1, 0.15) is 21.8 Å². The first-order valence-electron chi connectivity index (χ1n) is 5.56. The Morgan fingerprint density at radius 3 is 2.72 bits per heavy atom. The van der Waals surface area contributed by atoms with E-state index in [1.165, 1.54) is 0 Å². The molecule has 0 radical (unpaired) electrons. The van der Waals surface area contributed by atoms with Gasteiger partial charge in [-0.1, -0.05) is 0 Å². The molecule has 0 fully saturated rings. The van der Waals surface area contributed by atoms with Gasteiger partial charge in [0.1, 0.15) is 5.52 Å². The molecule has 0 atom stereocenters. The summed E-state index contributed by atoms with van der Waals surface area (Å²) in [6, 6.07) is 8.67. The fourth-order valence-corrected chi connectivity index (χ4v) is 1.78. The molecule has 0 aromatic carbocycles. The van der Waals surface area contributed by atoms with Gasteiger partial charge in [-0.3, -0.25) is 9.78 Å². The minimum absolute atomic E-state index is 0.159. The fraction of sp³-hybridized carbons (Fsp3) is 0.0714. The summed E-state index contributed by atoms with van der Waals surface area (Å²) in [5, 5.41) is 0. The van der Waals surface area contributed by atoms with Gasteiger partial charge < -0.3 is 4.42 Å². The fourth-order valence-electron chi connectivity index (χ4n) is 1.78. The molecular weight excluding hydrogens is 228 g/mol. The van der Waals surface area contributed by atoms with Crippen molar-refractivity contribution < 1.29 is 9.21 Å². The highest BCUT2D eigenvalue weighted by atomic mass is 16.3. The average molecular weight is 238 g/mol. The normalized spacial score (nSPS) is 10.7. The molecule has 4 heteroatoms. The Balaban J connectivity index is 2.07. The monoisotopic (exact) mass is 238 g/mol. The predicted molar refractivity (Wildman–Crippen MR) is 66.4 cm³/mol. The lowest BCUT2D eigenvalue weighted by atomic mass is 10.1. The van der Waals surface area contributed by atoms with Crippen molar-refractivity contribution in [1.82, 2.24) is 9.97 Å². The van der Waals surface area contributed by atoms with Gasteiger partial charge in [0.25, 0.3) is 0 Å². The zero-order chi connectivity index (χ0) is 12.5. The first-order chi connectivity index (χ1) is 8.74. The van der Waals surface area contributed by atoms with Crippen LogP contribution in [0.15, 0.2) is 47.1 Å². The first kappa shape index (κ1) is 10.7. The number of hydrogen-bond acceptors (Lipinski definition) is 4. The average Bonchev–Trinajstić information content (AvgIpc) is 2.81. The van der Waals surface area contributed by atoms with Crippen molar-refractivity contribution in [2.75, 3.05) is 0 Å². The van der Waals surface area contributed by atoms with Gasteiger partial charge in [-0.25, -0.2) is 4.98 Å². The maximum atomic E-state index is 12.2. The van der Waals surface area contributed by atoms with Gasteiger partial charge in [-0.2, -0.15) is 0 Å². The van der Waals surface area contributed by atoms with E-state index in [0.29, 0.717) is 22.4 Å². The molecule has 0 aliphatic heterocycles. The highest BCUT2D eigenvalue weighted by Crippen LogP contribution is 2.20. The van der Waals surface area contributed by atoms with Crippen LogP contribution in [-0.2, 0) is 0 Å². The molecule has 88 valence electrons. The number of carbonyl (C=O) groups is 1. The van der Waals surface area contributed by atoms with Crippen LogP contribution < -0.4 is 0 Å². The maximum Gasteiger partial charge on any atom is 0.228 e. The minimum Gasteiger partial charge on any atom is -0.451 e. The highest BCUT2D eigenvalue weighted by Gasteiger charge is 2.14. The second kappa shape index (κ2) is 4.07. The Bertz CT molecular complexity index is 717. The lowest BCUT2D eigenvalue weighted by Crippen LogP contribution is -1.98. The quantitative estimate of drug-likeness (QED) is 0.644. The third-order valence-corrected chi connectivity index (χ3v) is 2.68. The predicted octanol–water partition coefficient (Wildman–Crippen LogP) is 2.76. The molecule has 3 heterocycles. The van der Waals surface area contributed by atoms with E-state index in [2.05, 4.69) is 9.97 Å². The van der Waals surface area contributed by atoms with E-state index in [1.807, 2.05) is 19.1 Å². The van der Waals surface area contributed by atoms with Crippen LogP contribution in [0.2, 0.25) is 0 Å². The van der Waals surface area contributed by atoms with Crippen molar-refractivity contribution in [2.24, 2.45) is 0 Å². The summed E-state index contributed by atoms with van der Waals surface area (Å²) in [7, 11) is 0. The van der Waals surface area contributed by atoms with Crippen LogP contribution in [0.3, 0.4) is 0 Å². The number of pyridine rings is 2. The number of carbonyl (C=O) groups excluding carboxylic acids is 1. The lowest BCUT2D eigenvalue weighted by Gasteiger charge is -1.94. The van der Waals surface area contributed by atoms with Crippen LogP contribution in [-0.4, -0.2) is 15.8 Å². The van der Waals surface area contributed by atoms with Crippen LogP contribution in [0.5, 0.6) is 0 Å². The Morgan fingerprint density at radius 1 is 1.17 bits per heavy atom. The molecule has 3 aromatic rings. The Morgan fingerprint density at radius 2 is 1.94 bits per heavy atom. The standard InChI is InChI=1S/C14H10N2O2/c1-9-2-3-12-11(16-9)8-13(18-12)14(17)10-4-6-15-7-5-10/h2-8H,1H3. The molecule has 0 saturated carbocycles. The van der Waals surface area contributed by atoms with Crippen molar-refractivity contribution >= 4 is 16.9 Å². The molecule has 3 rings (SSSR count). The topological polar surface area (TPSA) is 56.0 Å². The number of furan rings is 1. The molecule has 0 spiro atoms. The number of ketones is 1. The molecule has 3 aromatic heterocycles. The molecule has 0 amide bonds.